The number of fused-ring (bicyclic) bond motifs is 1. The van der Waals surface area contributed by atoms with Crippen LogP contribution in [-0.2, 0) is 0 Å². The van der Waals surface area contributed by atoms with Crippen molar-refractivity contribution in [2.45, 2.75) is 136 Å². The van der Waals surface area contributed by atoms with Gasteiger partial charge in [0.2, 0.25) is 0 Å². The smallest absolute Gasteiger partial charge is 0.0689 e. The molecule has 0 aromatic heterocycles. The fraction of sp³-hybridized carbons (Fsp3) is 0.964. The van der Waals surface area contributed by atoms with Gasteiger partial charge in [-0.05, 0) is 87.4 Å². The summed E-state index contributed by atoms with van der Waals surface area (Å²) in [5.74, 6) is 4.93. The Morgan fingerprint density at radius 2 is 1.38 bits per heavy atom. The first-order valence-electron chi connectivity index (χ1n) is 13.6. The van der Waals surface area contributed by atoms with Gasteiger partial charge in [0, 0.05) is 0 Å². The summed E-state index contributed by atoms with van der Waals surface area (Å²) < 4.78 is 0. The highest BCUT2D eigenvalue weighted by Crippen LogP contribution is 2.53. The Labute approximate surface area is 182 Å². The van der Waals surface area contributed by atoms with E-state index in [4.69, 9.17) is 0 Å². The molecule has 0 amide bonds. The maximum absolute atomic E-state index is 9.89. The molecule has 166 valence electrons. The zero-order chi connectivity index (χ0) is 20.5. The van der Waals surface area contributed by atoms with Crippen LogP contribution in [-0.4, -0.2) is 0 Å². The highest BCUT2D eigenvalue weighted by atomic mass is 14.5. The van der Waals surface area contributed by atoms with E-state index in [1.165, 1.54) is 116 Å². The number of nitrogens with zero attached hydrogens (tertiary/aromatic N) is 1. The van der Waals surface area contributed by atoms with E-state index in [0.29, 0.717) is 0 Å². The van der Waals surface area contributed by atoms with Crippen LogP contribution in [0, 0.1) is 46.3 Å². The minimum atomic E-state index is 0.0409. The summed E-state index contributed by atoms with van der Waals surface area (Å²) in [7, 11) is 0. The summed E-state index contributed by atoms with van der Waals surface area (Å²) in [6.45, 7) is 4.58. The van der Waals surface area contributed by atoms with E-state index in [1.807, 2.05) is 0 Å². The molecule has 3 aliphatic rings. The Morgan fingerprint density at radius 1 is 0.724 bits per heavy atom. The number of nitriles is 1. The predicted molar refractivity (Wildman–Crippen MR) is 125 cm³/mol. The zero-order valence-electron chi connectivity index (χ0n) is 19.8. The molecule has 0 aliphatic heterocycles. The number of unbranched alkanes of at least 4 members (excludes halogenated alkanes) is 5. The van der Waals surface area contributed by atoms with Crippen LogP contribution in [0.5, 0.6) is 0 Å². The fourth-order valence-corrected chi connectivity index (χ4v) is 7.36. The quantitative estimate of drug-likeness (QED) is 0.336. The summed E-state index contributed by atoms with van der Waals surface area (Å²) in [6, 6.07) is 2.79. The third kappa shape index (κ3) is 6.48. The molecular weight excluding hydrogens is 350 g/mol. The summed E-state index contributed by atoms with van der Waals surface area (Å²) in [5, 5.41) is 9.89. The lowest BCUT2D eigenvalue weighted by molar-refractivity contribution is 0.0379. The Balaban J connectivity index is 1.38. The lowest BCUT2D eigenvalue weighted by Gasteiger charge is -2.47. The largest absolute Gasteiger partial charge is 0.198 e. The molecule has 1 heteroatoms. The normalized spacial score (nSPS) is 37.6. The maximum Gasteiger partial charge on any atom is 0.0689 e. The topological polar surface area (TPSA) is 23.8 Å². The van der Waals surface area contributed by atoms with Crippen LogP contribution in [0.25, 0.3) is 0 Å². The van der Waals surface area contributed by atoms with E-state index in [9.17, 15) is 5.26 Å². The van der Waals surface area contributed by atoms with Crippen LogP contribution in [0.15, 0.2) is 0 Å². The molecule has 0 radical (unpaired) electrons. The second kappa shape index (κ2) is 11.8. The molecule has 0 aromatic carbocycles. The minimum absolute atomic E-state index is 0.0409. The summed E-state index contributed by atoms with van der Waals surface area (Å²) in [6.07, 6.45) is 26.7. The van der Waals surface area contributed by atoms with E-state index in [1.54, 1.807) is 0 Å². The van der Waals surface area contributed by atoms with Crippen molar-refractivity contribution in [1.82, 2.24) is 0 Å². The maximum atomic E-state index is 9.89. The minimum Gasteiger partial charge on any atom is -0.198 e. The zero-order valence-corrected chi connectivity index (χ0v) is 19.8. The fourth-order valence-electron chi connectivity index (χ4n) is 7.36. The van der Waals surface area contributed by atoms with Crippen molar-refractivity contribution in [2.24, 2.45) is 35.0 Å². The summed E-state index contributed by atoms with van der Waals surface area (Å²) in [5.41, 5.74) is 0.0409. The molecule has 3 rings (SSSR count). The van der Waals surface area contributed by atoms with Crippen molar-refractivity contribution in [3.63, 3.8) is 0 Å². The highest BCUT2D eigenvalue weighted by Gasteiger charge is 2.44. The first-order valence-corrected chi connectivity index (χ1v) is 13.6. The molecule has 29 heavy (non-hydrogen) atoms. The molecule has 4 atom stereocenters. The first kappa shape index (κ1) is 23.2. The van der Waals surface area contributed by atoms with Crippen LogP contribution >= 0.6 is 0 Å². The lowest BCUT2D eigenvalue weighted by Crippen LogP contribution is -2.38. The Kier molecular flexibility index (Phi) is 9.40. The van der Waals surface area contributed by atoms with Gasteiger partial charge in [-0.1, -0.05) is 78.1 Å². The van der Waals surface area contributed by atoms with E-state index >= 15 is 0 Å². The number of hydrogen-bond acceptors (Lipinski definition) is 1. The standard InChI is InChI=1S/C28H49N/c1-3-5-7-8-9-10-23-11-13-24(14-12-23)25-15-16-27-21-28(22-29,18-6-4-2)19-17-26(27)20-25/h23-27H,3-21H2,1-2H3/t23?,24?,25-,26+,27+,28-/m0/s1. The third-order valence-corrected chi connectivity index (χ3v) is 9.35. The molecule has 1 nitrogen and oxygen atoms in total. The van der Waals surface area contributed by atoms with Gasteiger partial charge in [-0.3, -0.25) is 0 Å². The number of hydrogen-bond donors (Lipinski definition) is 0. The molecule has 0 N–H and O–H groups in total. The lowest BCUT2D eigenvalue weighted by atomic mass is 9.57. The summed E-state index contributed by atoms with van der Waals surface area (Å²) >= 11 is 0. The van der Waals surface area contributed by atoms with E-state index in [2.05, 4.69) is 19.9 Å². The Hall–Kier alpha value is -0.510. The van der Waals surface area contributed by atoms with Gasteiger partial charge in [0.05, 0.1) is 11.5 Å². The van der Waals surface area contributed by atoms with Crippen molar-refractivity contribution in [3.05, 3.63) is 0 Å². The van der Waals surface area contributed by atoms with E-state index < -0.39 is 0 Å². The van der Waals surface area contributed by atoms with Crippen molar-refractivity contribution in [1.29, 1.82) is 5.26 Å². The van der Waals surface area contributed by atoms with Crippen molar-refractivity contribution < 1.29 is 0 Å². The van der Waals surface area contributed by atoms with Crippen LogP contribution in [0.3, 0.4) is 0 Å². The average molecular weight is 400 g/mol. The van der Waals surface area contributed by atoms with Crippen LogP contribution in [0.2, 0.25) is 0 Å². The van der Waals surface area contributed by atoms with Crippen LogP contribution < -0.4 is 0 Å². The molecule has 0 unspecified atom stereocenters. The van der Waals surface area contributed by atoms with Gasteiger partial charge >= 0.3 is 0 Å². The van der Waals surface area contributed by atoms with E-state index in [-0.39, 0.29) is 5.41 Å². The molecule has 3 aliphatic carbocycles. The Morgan fingerprint density at radius 3 is 2.10 bits per heavy atom. The van der Waals surface area contributed by atoms with E-state index in [0.717, 1.165) is 36.0 Å². The van der Waals surface area contributed by atoms with Gasteiger partial charge in [-0.15, -0.1) is 0 Å². The highest BCUT2D eigenvalue weighted by molar-refractivity contribution is 5.04. The molecule has 3 fully saturated rings. The molecule has 0 spiro atoms. The molecule has 3 saturated carbocycles. The number of rotatable bonds is 10. The van der Waals surface area contributed by atoms with Crippen LogP contribution in [0.4, 0.5) is 0 Å². The van der Waals surface area contributed by atoms with Gasteiger partial charge in [0.25, 0.3) is 0 Å². The van der Waals surface area contributed by atoms with Gasteiger partial charge in [-0.2, -0.15) is 5.26 Å². The average Bonchev–Trinajstić information content (AvgIpc) is 2.77. The molecule has 0 heterocycles. The van der Waals surface area contributed by atoms with Crippen LogP contribution in [0.1, 0.15) is 136 Å². The molecule has 0 aromatic rings. The Bertz CT molecular complexity index is 497. The molecular formula is C28H49N. The summed E-state index contributed by atoms with van der Waals surface area (Å²) in [4.78, 5) is 0. The third-order valence-electron chi connectivity index (χ3n) is 9.35. The molecule has 0 bridgehead atoms. The first-order chi connectivity index (χ1) is 14.2. The predicted octanol–water partition coefficient (Wildman–Crippen LogP) is 9.07. The van der Waals surface area contributed by atoms with Crippen molar-refractivity contribution in [3.8, 4) is 6.07 Å². The van der Waals surface area contributed by atoms with Gasteiger partial charge in [0.1, 0.15) is 0 Å². The van der Waals surface area contributed by atoms with Crippen molar-refractivity contribution in [2.75, 3.05) is 0 Å². The second-order valence-electron chi connectivity index (χ2n) is 11.3. The van der Waals surface area contributed by atoms with Crippen molar-refractivity contribution >= 4 is 0 Å². The monoisotopic (exact) mass is 399 g/mol. The molecule has 0 saturated heterocycles. The SMILES string of the molecule is CCCCCCCC1CCC([C@H]2CC[C@@H]3C[C@](C#N)(CCCC)CC[C@@H]3C2)CC1. The van der Waals surface area contributed by atoms with Gasteiger partial charge in [-0.25, -0.2) is 0 Å². The van der Waals surface area contributed by atoms with Gasteiger partial charge in [0.15, 0.2) is 0 Å². The second-order valence-corrected chi connectivity index (χ2v) is 11.3. The van der Waals surface area contributed by atoms with Gasteiger partial charge < -0.3 is 0 Å².